The van der Waals surface area contributed by atoms with Gasteiger partial charge in [0.15, 0.2) is 0 Å². The summed E-state index contributed by atoms with van der Waals surface area (Å²) < 4.78 is 0. The third-order valence-corrected chi connectivity index (χ3v) is 4.87. The second-order valence-electron chi connectivity index (χ2n) is 6.41. The fraction of sp³-hybridized carbons (Fsp3) is 0.684. The van der Waals surface area contributed by atoms with Crippen LogP contribution in [0.2, 0.25) is 0 Å². The van der Waals surface area contributed by atoms with Crippen molar-refractivity contribution in [2.75, 3.05) is 19.6 Å². The van der Waals surface area contributed by atoms with Gasteiger partial charge in [0.25, 0.3) is 0 Å². The van der Waals surface area contributed by atoms with Crippen LogP contribution in [0.15, 0.2) is 24.3 Å². The molecule has 0 bridgehead atoms. The molecule has 2 unspecified atom stereocenters. The van der Waals surface area contributed by atoms with Gasteiger partial charge in [-0.25, -0.2) is 0 Å². The van der Waals surface area contributed by atoms with Crippen molar-refractivity contribution in [2.24, 2.45) is 0 Å². The maximum Gasteiger partial charge on any atom is 0.0318 e. The molecule has 118 valence electrons. The van der Waals surface area contributed by atoms with E-state index in [-0.39, 0.29) is 0 Å². The van der Waals surface area contributed by atoms with E-state index < -0.39 is 0 Å². The number of benzene rings is 1. The molecule has 2 heteroatoms. The first-order valence-electron chi connectivity index (χ1n) is 8.80. The lowest BCUT2D eigenvalue weighted by molar-refractivity contribution is 0.167. The smallest absolute Gasteiger partial charge is 0.0318 e. The van der Waals surface area contributed by atoms with Gasteiger partial charge in [-0.3, -0.25) is 4.90 Å². The SMILES string of the molecule is CCc1ccc(C(CC)NCC(C)N2CCCCC2)cc1. The summed E-state index contributed by atoms with van der Waals surface area (Å²) in [5.74, 6) is 0. The van der Waals surface area contributed by atoms with Gasteiger partial charge in [0, 0.05) is 18.6 Å². The van der Waals surface area contributed by atoms with E-state index in [0.29, 0.717) is 12.1 Å². The molecule has 1 aromatic carbocycles. The molecule has 0 aliphatic carbocycles. The summed E-state index contributed by atoms with van der Waals surface area (Å²) in [6.07, 6.45) is 6.44. The fourth-order valence-electron chi connectivity index (χ4n) is 3.28. The van der Waals surface area contributed by atoms with Gasteiger partial charge in [-0.1, -0.05) is 44.5 Å². The van der Waals surface area contributed by atoms with Gasteiger partial charge in [0.1, 0.15) is 0 Å². The molecular formula is C19H32N2. The summed E-state index contributed by atoms with van der Waals surface area (Å²) >= 11 is 0. The summed E-state index contributed by atoms with van der Waals surface area (Å²) in [5.41, 5.74) is 2.86. The van der Waals surface area contributed by atoms with E-state index in [1.54, 1.807) is 0 Å². The first kappa shape index (κ1) is 16.5. The summed E-state index contributed by atoms with van der Waals surface area (Å²) in [5, 5.41) is 3.78. The van der Waals surface area contributed by atoms with Crippen molar-refractivity contribution in [2.45, 2.75) is 65.0 Å². The van der Waals surface area contributed by atoms with Crippen molar-refractivity contribution in [1.29, 1.82) is 0 Å². The zero-order chi connectivity index (χ0) is 15.1. The number of aryl methyl sites for hydroxylation is 1. The Hall–Kier alpha value is -0.860. The Morgan fingerprint density at radius 1 is 1.05 bits per heavy atom. The molecule has 1 fully saturated rings. The van der Waals surface area contributed by atoms with E-state index in [4.69, 9.17) is 0 Å². The van der Waals surface area contributed by atoms with Crippen LogP contribution in [0.4, 0.5) is 0 Å². The molecule has 0 radical (unpaired) electrons. The number of likely N-dealkylation sites (tertiary alicyclic amines) is 1. The first-order chi connectivity index (χ1) is 10.2. The fourth-order valence-corrected chi connectivity index (χ4v) is 3.28. The average Bonchev–Trinajstić information content (AvgIpc) is 2.56. The molecule has 2 atom stereocenters. The average molecular weight is 288 g/mol. The minimum absolute atomic E-state index is 0.489. The second-order valence-corrected chi connectivity index (χ2v) is 6.41. The number of nitrogens with zero attached hydrogens (tertiary/aromatic N) is 1. The second kappa shape index (κ2) is 8.55. The van der Waals surface area contributed by atoms with E-state index in [2.05, 4.69) is 55.3 Å². The van der Waals surface area contributed by atoms with E-state index in [9.17, 15) is 0 Å². The summed E-state index contributed by atoms with van der Waals surface area (Å²) in [7, 11) is 0. The number of rotatable bonds is 7. The molecule has 1 heterocycles. The van der Waals surface area contributed by atoms with Gasteiger partial charge < -0.3 is 5.32 Å². The van der Waals surface area contributed by atoms with Crippen molar-refractivity contribution < 1.29 is 0 Å². The zero-order valence-electron chi connectivity index (χ0n) is 14.1. The Morgan fingerprint density at radius 2 is 1.71 bits per heavy atom. The van der Waals surface area contributed by atoms with Gasteiger partial charge in [-0.15, -0.1) is 0 Å². The van der Waals surface area contributed by atoms with Crippen LogP contribution >= 0.6 is 0 Å². The Balaban J connectivity index is 1.86. The highest BCUT2D eigenvalue weighted by Crippen LogP contribution is 2.18. The maximum absolute atomic E-state index is 3.78. The zero-order valence-corrected chi connectivity index (χ0v) is 14.1. The van der Waals surface area contributed by atoms with Crippen LogP contribution in [0.1, 0.15) is 63.6 Å². The Labute approximate surface area is 130 Å². The van der Waals surface area contributed by atoms with E-state index in [1.165, 1.54) is 43.5 Å². The quantitative estimate of drug-likeness (QED) is 0.810. The van der Waals surface area contributed by atoms with Gasteiger partial charge in [-0.2, -0.15) is 0 Å². The summed E-state index contributed by atoms with van der Waals surface area (Å²) in [6, 6.07) is 10.3. The molecular weight excluding hydrogens is 256 g/mol. The van der Waals surface area contributed by atoms with Crippen LogP contribution in [-0.2, 0) is 6.42 Å². The van der Waals surface area contributed by atoms with E-state index >= 15 is 0 Å². The number of hydrogen-bond acceptors (Lipinski definition) is 2. The Bertz CT molecular complexity index is 393. The van der Waals surface area contributed by atoms with Crippen LogP contribution in [-0.4, -0.2) is 30.6 Å². The van der Waals surface area contributed by atoms with Crippen LogP contribution in [0.5, 0.6) is 0 Å². The van der Waals surface area contributed by atoms with Gasteiger partial charge in [-0.05, 0) is 56.8 Å². The van der Waals surface area contributed by atoms with Crippen molar-refractivity contribution in [1.82, 2.24) is 10.2 Å². The van der Waals surface area contributed by atoms with Crippen LogP contribution in [0.25, 0.3) is 0 Å². The largest absolute Gasteiger partial charge is 0.308 e. The molecule has 2 nitrogen and oxygen atoms in total. The normalized spacial score (nSPS) is 19.4. The molecule has 1 N–H and O–H groups in total. The Morgan fingerprint density at radius 3 is 2.29 bits per heavy atom. The van der Waals surface area contributed by atoms with Gasteiger partial charge in [0.05, 0.1) is 0 Å². The molecule has 0 spiro atoms. The molecule has 1 aliphatic rings. The topological polar surface area (TPSA) is 15.3 Å². The predicted molar refractivity (Wildman–Crippen MR) is 91.7 cm³/mol. The number of piperidine rings is 1. The highest BCUT2D eigenvalue weighted by atomic mass is 15.2. The van der Waals surface area contributed by atoms with Crippen molar-refractivity contribution in [3.05, 3.63) is 35.4 Å². The van der Waals surface area contributed by atoms with Crippen LogP contribution in [0, 0.1) is 0 Å². The summed E-state index contributed by atoms with van der Waals surface area (Å²) in [4.78, 5) is 2.64. The Kier molecular flexibility index (Phi) is 6.72. The molecule has 2 rings (SSSR count). The van der Waals surface area contributed by atoms with E-state index in [0.717, 1.165) is 19.4 Å². The third-order valence-electron chi connectivity index (χ3n) is 4.87. The highest BCUT2D eigenvalue weighted by Gasteiger charge is 2.17. The molecule has 0 amide bonds. The lowest BCUT2D eigenvalue weighted by atomic mass is 10.0. The summed E-state index contributed by atoms with van der Waals surface area (Å²) in [6.45, 7) is 10.5. The standard InChI is InChI=1S/C19H32N2/c1-4-17-9-11-18(12-10-17)19(5-2)20-15-16(3)21-13-7-6-8-14-21/h9-12,16,19-20H,4-8,13-15H2,1-3H3. The number of hydrogen-bond donors (Lipinski definition) is 1. The maximum atomic E-state index is 3.78. The molecule has 1 aliphatic heterocycles. The minimum atomic E-state index is 0.489. The van der Waals surface area contributed by atoms with Gasteiger partial charge >= 0.3 is 0 Å². The van der Waals surface area contributed by atoms with Crippen LogP contribution in [0.3, 0.4) is 0 Å². The van der Waals surface area contributed by atoms with Crippen molar-refractivity contribution >= 4 is 0 Å². The van der Waals surface area contributed by atoms with Crippen LogP contribution < -0.4 is 5.32 Å². The first-order valence-corrected chi connectivity index (χ1v) is 8.80. The lowest BCUT2D eigenvalue weighted by Crippen LogP contribution is -2.43. The van der Waals surface area contributed by atoms with Gasteiger partial charge in [0.2, 0.25) is 0 Å². The highest BCUT2D eigenvalue weighted by molar-refractivity contribution is 5.25. The number of nitrogens with one attached hydrogen (secondary N) is 1. The molecule has 21 heavy (non-hydrogen) atoms. The van der Waals surface area contributed by atoms with E-state index in [1.807, 2.05) is 0 Å². The van der Waals surface area contributed by atoms with Crippen molar-refractivity contribution in [3.8, 4) is 0 Å². The third kappa shape index (κ3) is 4.82. The van der Waals surface area contributed by atoms with Crippen molar-refractivity contribution in [3.63, 3.8) is 0 Å². The molecule has 0 saturated carbocycles. The lowest BCUT2D eigenvalue weighted by Gasteiger charge is -2.33. The molecule has 1 aromatic rings. The molecule has 1 saturated heterocycles. The minimum Gasteiger partial charge on any atom is -0.308 e. The predicted octanol–water partition coefficient (Wildman–Crippen LogP) is 4.16. The molecule has 0 aromatic heterocycles. The monoisotopic (exact) mass is 288 g/mol.